The fourth-order valence-electron chi connectivity index (χ4n) is 2.30. The molecular weight excluding hydrogens is 206 g/mol. The molecule has 2 aliphatic heterocycles. The van der Waals surface area contributed by atoms with Crippen molar-refractivity contribution in [1.29, 1.82) is 0 Å². The van der Waals surface area contributed by atoms with Gasteiger partial charge in [0.1, 0.15) is 6.17 Å². The van der Waals surface area contributed by atoms with Gasteiger partial charge in [-0.15, -0.1) is 0 Å². The van der Waals surface area contributed by atoms with Crippen molar-refractivity contribution in [1.82, 2.24) is 15.1 Å². The average Bonchev–Trinajstić information content (AvgIpc) is 2.15. The molecular formula is C11H19N3O2. The number of hydrogen-bond donors (Lipinski definition) is 1. The minimum atomic E-state index is -0.149. The molecule has 0 aliphatic carbocycles. The van der Waals surface area contributed by atoms with Gasteiger partial charge in [0.25, 0.3) is 0 Å². The van der Waals surface area contributed by atoms with Crippen LogP contribution in [0, 0.1) is 0 Å². The molecule has 1 N–H and O–H groups in total. The number of hydrogen-bond acceptors (Lipinski definition) is 2. The maximum atomic E-state index is 12.2. The topological polar surface area (TPSA) is 52.7 Å². The van der Waals surface area contributed by atoms with Gasteiger partial charge in [-0.1, -0.05) is 0 Å². The van der Waals surface area contributed by atoms with E-state index in [1.807, 2.05) is 25.7 Å². The van der Waals surface area contributed by atoms with E-state index in [0.717, 1.165) is 6.42 Å². The van der Waals surface area contributed by atoms with Crippen molar-refractivity contribution in [3.8, 4) is 0 Å². The third-order valence-electron chi connectivity index (χ3n) is 3.20. The van der Waals surface area contributed by atoms with Crippen molar-refractivity contribution in [3.05, 3.63) is 0 Å². The summed E-state index contributed by atoms with van der Waals surface area (Å²) in [5, 5.41) is 2.86. The molecule has 0 saturated carbocycles. The summed E-state index contributed by atoms with van der Waals surface area (Å²) in [6.45, 7) is 7.36. The predicted octanol–water partition coefficient (Wildman–Crippen LogP) is 0.759. The van der Waals surface area contributed by atoms with Crippen LogP contribution in [0.3, 0.4) is 0 Å². The Kier molecular flexibility index (Phi) is 2.56. The monoisotopic (exact) mass is 225 g/mol. The van der Waals surface area contributed by atoms with Gasteiger partial charge >= 0.3 is 6.03 Å². The lowest BCUT2D eigenvalue weighted by molar-refractivity contribution is -0.126. The third-order valence-corrected chi connectivity index (χ3v) is 3.20. The van der Waals surface area contributed by atoms with E-state index in [1.165, 1.54) is 0 Å². The lowest BCUT2D eigenvalue weighted by Crippen LogP contribution is -2.66. The summed E-state index contributed by atoms with van der Waals surface area (Å²) >= 11 is 0. The van der Waals surface area contributed by atoms with Gasteiger partial charge in [0.15, 0.2) is 0 Å². The zero-order valence-corrected chi connectivity index (χ0v) is 10.1. The Morgan fingerprint density at radius 3 is 2.56 bits per heavy atom. The fourth-order valence-corrected chi connectivity index (χ4v) is 2.30. The Balaban J connectivity index is 2.13. The molecule has 0 radical (unpaired) electrons. The molecule has 0 bridgehead atoms. The number of carbonyl (C=O) groups excluding carboxylic acids is 2. The second-order valence-electron chi connectivity index (χ2n) is 5.42. The van der Waals surface area contributed by atoms with Crippen LogP contribution in [0.25, 0.3) is 0 Å². The van der Waals surface area contributed by atoms with Gasteiger partial charge in [0.05, 0.1) is 0 Å². The predicted molar refractivity (Wildman–Crippen MR) is 59.7 cm³/mol. The van der Waals surface area contributed by atoms with Crippen molar-refractivity contribution >= 4 is 11.9 Å². The highest BCUT2D eigenvalue weighted by molar-refractivity contribution is 5.82. The summed E-state index contributed by atoms with van der Waals surface area (Å²) in [7, 11) is 0. The number of fused-ring (bicyclic) bond motifs is 1. The molecule has 0 aromatic carbocycles. The molecule has 3 amide bonds. The van der Waals surface area contributed by atoms with Crippen LogP contribution in [0.4, 0.5) is 4.79 Å². The zero-order chi connectivity index (χ0) is 11.9. The van der Waals surface area contributed by atoms with Crippen LogP contribution < -0.4 is 5.32 Å². The van der Waals surface area contributed by atoms with E-state index in [0.29, 0.717) is 19.5 Å². The molecule has 2 aliphatic rings. The summed E-state index contributed by atoms with van der Waals surface area (Å²) in [5.41, 5.74) is -0.149. The Labute approximate surface area is 95.8 Å². The molecule has 2 heterocycles. The molecule has 1 atom stereocenters. The second-order valence-corrected chi connectivity index (χ2v) is 5.42. The van der Waals surface area contributed by atoms with E-state index in [-0.39, 0.29) is 23.6 Å². The third kappa shape index (κ3) is 1.86. The Hall–Kier alpha value is -1.26. The molecule has 0 aromatic rings. The minimum absolute atomic E-state index is 0.0451. The van der Waals surface area contributed by atoms with Crippen molar-refractivity contribution in [3.63, 3.8) is 0 Å². The van der Waals surface area contributed by atoms with Crippen LogP contribution in [0.2, 0.25) is 0 Å². The highest BCUT2D eigenvalue weighted by Crippen LogP contribution is 2.24. The number of carbonyl (C=O) groups is 2. The second kappa shape index (κ2) is 3.64. The Morgan fingerprint density at radius 2 is 1.94 bits per heavy atom. The number of rotatable bonds is 0. The van der Waals surface area contributed by atoms with Crippen LogP contribution in [0.1, 0.15) is 33.6 Å². The lowest BCUT2D eigenvalue weighted by Gasteiger charge is -2.48. The molecule has 2 saturated heterocycles. The molecule has 2 rings (SSSR count). The summed E-state index contributed by atoms with van der Waals surface area (Å²) in [6.07, 6.45) is 1.14. The van der Waals surface area contributed by atoms with Gasteiger partial charge < -0.3 is 15.1 Å². The van der Waals surface area contributed by atoms with E-state index in [1.54, 1.807) is 4.90 Å². The Morgan fingerprint density at radius 1 is 1.25 bits per heavy atom. The molecule has 90 valence electrons. The molecule has 5 nitrogen and oxygen atoms in total. The largest absolute Gasteiger partial charge is 0.336 e. The van der Waals surface area contributed by atoms with E-state index < -0.39 is 0 Å². The van der Waals surface area contributed by atoms with Gasteiger partial charge in [-0.25, -0.2) is 4.79 Å². The molecule has 2 fully saturated rings. The molecule has 1 unspecified atom stereocenters. The first-order valence-corrected chi connectivity index (χ1v) is 5.77. The molecule has 5 heteroatoms. The fraction of sp³-hybridized carbons (Fsp3) is 0.818. The van der Waals surface area contributed by atoms with Crippen LogP contribution in [-0.2, 0) is 4.79 Å². The first-order chi connectivity index (χ1) is 7.39. The molecule has 0 spiro atoms. The lowest BCUT2D eigenvalue weighted by atomic mass is 10.0. The number of amides is 3. The first-order valence-electron chi connectivity index (χ1n) is 5.77. The average molecular weight is 225 g/mol. The quantitative estimate of drug-likeness (QED) is 0.661. The van der Waals surface area contributed by atoms with Crippen LogP contribution in [-0.4, -0.2) is 46.5 Å². The highest BCUT2D eigenvalue weighted by Gasteiger charge is 2.40. The van der Waals surface area contributed by atoms with Gasteiger partial charge in [0, 0.05) is 31.5 Å². The van der Waals surface area contributed by atoms with E-state index in [2.05, 4.69) is 5.32 Å². The number of nitrogens with one attached hydrogen (secondary N) is 1. The van der Waals surface area contributed by atoms with E-state index >= 15 is 0 Å². The van der Waals surface area contributed by atoms with Crippen LogP contribution in [0.15, 0.2) is 0 Å². The summed E-state index contributed by atoms with van der Waals surface area (Å²) in [4.78, 5) is 27.1. The van der Waals surface area contributed by atoms with Gasteiger partial charge in [-0.3, -0.25) is 4.79 Å². The van der Waals surface area contributed by atoms with Gasteiger partial charge in [0.2, 0.25) is 5.91 Å². The summed E-state index contributed by atoms with van der Waals surface area (Å²) in [5.74, 6) is 0.0539. The van der Waals surface area contributed by atoms with E-state index in [4.69, 9.17) is 0 Å². The first kappa shape index (κ1) is 11.2. The molecule has 0 aromatic heterocycles. The maximum absolute atomic E-state index is 12.2. The zero-order valence-electron chi connectivity index (χ0n) is 10.1. The summed E-state index contributed by atoms with van der Waals surface area (Å²) in [6, 6.07) is 0.0451. The van der Waals surface area contributed by atoms with Gasteiger partial charge in [-0.05, 0) is 20.8 Å². The highest BCUT2D eigenvalue weighted by atomic mass is 16.2. The SMILES string of the molecule is CC(C)(C)N1CCC2NC(=O)CCN2C1=O. The van der Waals surface area contributed by atoms with Gasteiger partial charge in [-0.2, -0.15) is 0 Å². The van der Waals surface area contributed by atoms with Crippen molar-refractivity contribution in [2.75, 3.05) is 13.1 Å². The number of nitrogens with zero attached hydrogens (tertiary/aromatic N) is 2. The van der Waals surface area contributed by atoms with Crippen LogP contribution >= 0.6 is 0 Å². The maximum Gasteiger partial charge on any atom is 0.322 e. The summed E-state index contributed by atoms with van der Waals surface area (Å²) < 4.78 is 0. The standard InChI is InChI=1S/C11H19N3O2/c1-11(2,3)14-7-4-8-12-9(15)5-6-13(8)10(14)16/h8H,4-7H2,1-3H3,(H,12,15). The molecule has 16 heavy (non-hydrogen) atoms. The van der Waals surface area contributed by atoms with E-state index in [9.17, 15) is 9.59 Å². The van der Waals surface area contributed by atoms with Crippen molar-refractivity contribution in [2.45, 2.75) is 45.3 Å². The number of urea groups is 1. The Bertz CT molecular complexity index is 322. The van der Waals surface area contributed by atoms with Crippen LogP contribution in [0.5, 0.6) is 0 Å². The minimum Gasteiger partial charge on any atom is -0.336 e. The van der Waals surface area contributed by atoms with Crippen molar-refractivity contribution in [2.24, 2.45) is 0 Å². The normalized spacial score (nSPS) is 26.6. The van der Waals surface area contributed by atoms with Crippen molar-refractivity contribution < 1.29 is 9.59 Å². The smallest absolute Gasteiger partial charge is 0.322 e.